The number of hydrogen-bond donors (Lipinski definition) is 1. The predicted octanol–water partition coefficient (Wildman–Crippen LogP) is 4.18. The molecule has 0 amide bonds. The molecule has 3 rings (SSSR count). The number of aliphatic hydroxyl groups excluding tert-OH is 1. The van der Waals surface area contributed by atoms with E-state index in [9.17, 15) is 5.11 Å². The molecule has 0 fully saturated rings. The first kappa shape index (κ1) is 13.8. The lowest BCUT2D eigenvalue weighted by Crippen LogP contribution is -1.99. The second-order valence-corrected chi connectivity index (χ2v) is 5.73. The van der Waals surface area contributed by atoms with Gasteiger partial charge in [0.1, 0.15) is 5.65 Å². The second kappa shape index (κ2) is 5.34. The minimum atomic E-state index is -0.567. The van der Waals surface area contributed by atoms with E-state index in [2.05, 4.69) is 43.1 Å². The van der Waals surface area contributed by atoms with Crippen molar-refractivity contribution in [3.63, 3.8) is 0 Å². The Balaban J connectivity index is 2.17. The molecule has 0 aliphatic heterocycles. The number of aromatic nitrogens is 2. The van der Waals surface area contributed by atoms with Gasteiger partial charge in [-0.15, -0.1) is 0 Å². The van der Waals surface area contributed by atoms with E-state index >= 15 is 0 Å². The van der Waals surface area contributed by atoms with Crippen LogP contribution in [-0.2, 0) is 0 Å². The van der Waals surface area contributed by atoms with Gasteiger partial charge >= 0.3 is 0 Å². The highest BCUT2D eigenvalue weighted by Gasteiger charge is 2.17. The summed E-state index contributed by atoms with van der Waals surface area (Å²) in [4.78, 5) is 4.68. The van der Waals surface area contributed by atoms with E-state index in [1.807, 2.05) is 28.8 Å². The van der Waals surface area contributed by atoms with Crippen LogP contribution in [0.25, 0.3) is 16.9 Å². The molecule has 3 heteroatoms. The summed E-state index contributed by atoms with van der Waals surface area (Å²) in [6.45, 7) is 6.14. The lowest BCUT2D eigenvalue weighted by Gasteiger charge is -2.09. The summed E-state index contributed by atoms with van der Waals surface area (Å²) in [6.07, 6.45) is 1.37. The monoisotopic (exact) mass is 280 g/mol. The van der Waals surface area contributed by atoms with Crippen molar-refractivity contribution in [1.82, 2.24) is 9.38 Å². The molecule has 0 radical (unpaired) electrons. The molecule has 0 saturated heterocycles. The Morgan fingerprint density at radius 1 is 1.00 bits per heavy atom. The van der Waals surface area contributed by atoms with Crippen molar-refractivity contribution in [2.24, 2.45) is 0 Å². The van der Waals surface area contributed by atoms with Gasteiger partial charge in [0.05, 0.1) is 17.5 Å². The van der Waals surface area contributed by atoms with Crippen LogP contribution in [0, 0.1) is 0 Å². The van der Waals surface area contributed by atoms with Gasteiger partial charge in [-0.25, -0.2) is 4.98 Å². The van der Waals surface area contributed by atoms with Crippen molar-refractivity contribution in [2.45, 2.75) is 32.8 Å². The largest absolute Gasteiger partial charge is 0.387 e. The molecule has 0 spiro atoms. The third-order valence-electron chi connectivity index (χ3n) is 3.81. The van der Waals surface area contributed by atoms with Gasteiger partial charge in [0.25, 0.3) is 0 Å². The summed E-state index contributed by atoms with van der Waals surface area (Å²) in [5.41, 5.74) is 4.89. The third-order valence-corrected chi connectivity index (χ3v) is 3.81. The normalized spacial score (nSPS) is 13.0. The highest BCUT2D eigenvalue weighted by atomic mass is 16.3. The highest BCUT2D eigenvalue weighted by molar-refractivity contribution is 5.67. The minimum absolute atomic E-state index is 0.511. The summed E-state index contributed by atoms with van der Waals surface area (Å²) in [6, 6.07) is 14.3. The van der Waals surface area contributed by atoms with Gasteiger partial charge in [0.2, 0.25) is 0 Å². The zero-order chi connectivity index (χ0) is 15.0. The number of benzene rings is 1. The molecule has 1 unspecified atom stereocenters. The quantitative estimate of drug-likeness (QED) is 0.781. The Bertz CT molecular complexity index is 754. The maximum atomic E-state index is 10.1. The summed E-state index contributed by atoms with van der Waals surface area (Å²) in [5, 5.41) is 10.1. The number of imidazole rings is 1. The Labute approximate surface area is 124 Å². The minimum Gasteiger partial charge on any atom is -0.387 e. The molecule has 21 heavy (non-hydrogen) atoms. The molecule has 2 aromatic heterocycles. The van der Waals surface area contributed by atoms with Crippen molar-refractivity contribution >= 4 is 5.65 Å². The first-order valence-electron chi connectivity index (χ1n) is 7.33. The van der Waals surface area contributed by atoms with Crippen molar-refractivity contribution in [2.75, 3.05) is 0 Å². The van der Waals surface area contributed by atoms with Crippen LogP contribution >= 0.6 is 0 Å². The van der Waals surface area contributed by atoms with E-state index in [1.54, 1.807) is 6.92 Å². The molecule has 0 bridgehead atoms. The standard InChI is InChI=1S/C18H20N2O/c1-12(2)14-7-9-15(10-8-14)17-18(13(3)21)20-11-5-4-6-16(20)19-17/h4-13,21H,1-3H3. The average Bonchev–Trinajstić information content (AvgIpc) is 2.86. The van der Waals surface area contributed by atoms with Gasteiger partial charge in [-0.3, -0.25) is 0 Å². The molecule has 2 heterocycles. The fourth-order valence-electron chi connectivity index (χ4n) is 2.65. The first-order valence-corrected chi connectivity index (χ1v) is 7.33. The van der Waals surface area contributed by atoms with E-state index in [4.69, 9.17) is 0 Å². The molecule has 0 aliphatic carbocycles. The van der Waals surface area contributed by atoms with Crippen LogP contribution in [0.3, 0.4) is 0 Å². The second-order valence-electron chi connectivity index (χ2n) is 5.73. The molecular weight excluding hydrogens is 260 g/mol. The third kappa shape index (κ3) is 2.45. The van der Waals surface area contributed by atoms with Crippen LogP contribution in [0.2, 0.25) is 0 Å². The van der Waals surface area contributed by atoms with E-state index < -0.39 is 6.10 Å². The van der Waals surface area contributed by atoms with Gasteiger partial charge in [-0.1, -0.05) is 44.2 Å². The Morgan fingerprint density at radius 2 is 1.71 bits per heavy atom. The number of aliphatic hydroxyl groups is 1. The molecule has 1 N–H and O–H groups in total. The van der Waals surface area contributed by atoms with Crippen molar-refractivity contribution < 1.29 is 5.11 Å². The summed E-state index contributed by atoms with van der Waals surface area (Å²) < 4.78 is 1.95. The molecule has 3 nitrogen and oxygen atoms in total. The summed E-state index contributed by atoms with van der Waals surface area (Å²) in [7, 11) is 0. The molecule has 1 atom stereocenters. The maximum absolute atomic E-state index is 10.1. The molecule has 0 aliphatic rings. The maximum Gasteiger partial charge on any atom is 0.137 e. The van der Waals surface area contributed by atoms with E-state index in [0.29, 0.717) is 5.92 Å². The van der Waals surface area contributed by atoms with Crippen LogP contribution in [0.1, 0.15) is 44.1 Å². The van der Waals surface area contributed by atoms with Crippen molar-refractivity contribution in [1.29, 1.82) is 0 Å². The Hall–Kier alpha value is -2.13. The average molecular weight is 280 g/mol. The number of hydrogen-bond acceptors (Lipinski definition) is 2. The van der Waals surface area contributed by atoms with Crippen molar-refractivity contribution in [3.05, 3.63) is 59.9 Å². The Morgan fingerprint density at radius 3 is 2.33 bits per heavy atom. The molecular formula is C18H20N2O. The fourth-order valence-corrected chi connectivity index (χ4v) is 2.65. The van der Waals surface area contributed by atoms with Gasteiger partial charge in [-0.05, 0) is 30.5 Å². The summed E-state index contributed by atoms with van der Waals surface area (Å²) >= 11 is 0. The lowest BCUT2D eigenvalue weighted by molar-refractivity contribution is 0.194. The van der Waals surface area contributed by atoms with E-state index in [-0.39, 0.29) is 0 Å². The van der Waals surface area contributed by atoms with Crippen LogP contribution in [0.4, 0.5) is 0 Å². The summed E-state index contributed by atoms with van der Waals surface area (Å²) in [5.74, 6) is 0.511. The van der Waals surface area contributed by atoms with Crippen molar-refractivity contribution in [3.8, 4) is 11.3 Å². The van der Waals surface area contributed by atoms with Crippen LogP contribution in [-0.4, -0.2) is 14.5 Å². The number of nitrogens with zero attached hydrogens (tertiary/aromatic N) is 2. The van der Waals surface area contributed by atoms with E-state index in [0.717, 1.165) is 22.6 Å². The van der Waals surface area contributed by atoms with E-state index in [1.165, 1.54) is 5.56 Å². The highest BCUT2D eigenvalue weighted by Crippen LogP contribution is 2.29. The zero-order valence-corrected chi connectivity index (χ0v) is 12.6. The van der Waals surface area contributed by atoms with Gasteiger partial charge in [-0.2, -0.15) is 0 Å². The molecule has 108 valence electrons. The SMILES string of the molecule is CC(C)c1ccc(-c2nc3ccccn3c2C(C)O)cc1. The van der Waals surface area contributed by atoms with Gasteiger partial charge in [0, 0.05) is 11.8 Å². The smallest absolute Gasteiger partial charge is 0.137 e. The van der Waals surface area contributed by atoms with Crippen LogP contribution in [0.5, 0.6) is 0 Å². The molecule has 3 aromatic rings. The number of fused-ring (bicyclic) bond motifs is 1. The fraction of sp³-hybridized carbons (Fsp3) is 0.278. The van der Waals surface area contributed by atoms with Crippen LogP contribution < -0.4 is 0 Å². The topological polar surface area (TPSA) is 37.5 Å². The lowest BCUT2D eigenvalue weighted by atomic mass is 10.00. The van der Waals surface area contributed by atoms with Gasteiger partial charge < -0.3 is 9.51 Å². The zero-order valence-electron chi connectivity index (χ0n) is 12.6. The number of rotatable bonds is 3. The van der Waals surface area contributed by atoms with Gasteiger partial charge in [0.15, 0.2) is 0 Å². The molecule has 1 aromatic carbocycles. The first-order chi connectivity index (χ1) is 10.1. The van der Waals surface area contributed by atoms with Crippen LogP contribution in [0.15, 0.2) is 48.7 Å². The Kier molecular flexibility index (Phi) is 3.52. The number of pyridine rings is 1. The predicted molar refractivity (Wildman–Crippen MR) is 85.4 cm³/mol. The molecule has 0 saturated carbocycles.